The molecule has 1 saturated heterocycles. The highest BCUT2D eigenvalue weighted by Crippen LogP contribution is 2.18. The quantitative estimate of drug-likeness (QED) is 0.781. The highest BCUT2D eigenvalue weighted by atomic mass is 16.5. The lowest BCUT2D eigenvalue weighted by Gasteiger charge is -2.28. The molecule has 2 N–H and O–H groups in total. The van der Waals surface area contributed by atoms with E-state index in [1.807, 2.05) is 0 Å². The van der Waals surface area contributed by atoms with Gasteiger partial charge in [0.2, 0.25) is 5.91 Å². The van der Waals surface area contributed by atoms with Crippen LogP contribution in [0.15, 0.2) is 0 Å². The Labute approximate surface area is 104 Å². The van der Waals surface area contributed by atoms with Crippen molar-refractivity contribution in [3.8, 4) is 0 Å². The first kappa shape index (κ1) is 14.5. The third-order valence-corrected chi connectivity index (χ3v) is 3.45. The van der Waals surface area contributed by atoms with Crippen molar-refractivity contribution >= 4 is 5.91 Å². The van der Waals surface area contributed by atoms with Gasteiger partial charge in [0, 0.05) is 25.3 Å². The van der Waals surface area contributed by atoms with Gasteiger partial charge < -0.3 is 15.4 Å². The standard InChI is InChI=1S/C13H26N2O2/c1-10(13(2,3)4)14-9-12(16)15-11-5-7-17-8-6-11/h10-11,14H,5-9H2,1-4H3,(H,15,16). The second-order valence-corrected chi connectivity index (χ2v) is 5.92. The molecule has 0 aromatic carbocycles. The van der Waals surface area contributed by atoms with Crippen LogP contribution < -0.4 is 10.6 Å². The Morgan fingerprint density at radius 2 is 1.94 bits per heavy atom. The third-order valence-electron chi connectivity index (χ3n) is 3.45. The number of amides is 1. The zero-order valence-electron chi connectivity index (χ0n) is 11.5. The molecule has 17 heavy (non-hydrogen) atoms. The largest absolute Gasteiger partial charge is 0.381 e. The third kappa shape index (κ3) is 5.50. The predicted molar refractivity (Wildman–Crippen MR) is 68.9 cm³/mol. The van der Waals surface area contributed by atoms with E-state index in [0.717, 1.165) is 26.1 Å². The highest BCUT2D eigenvalue weighted by molar-refractivity contribution is 5.78. The van der Waals surface area contributed by atoms with Crippen molar-refractivity contribution in [2.75, 3.05) is 19.8 Å². The number of rotatable bonds is 4. The van der Waals surface area contributed by atoms with E-state index in [0.29, 0.717) is 18.6 Å². The monoisotopic (exact) mass is 242 g/mol. The van der Waals surface area contributed by atoms with E-state index in [1.54, 1.807) is 0 Å². The summed E-state index contributed by atoms with van der Waals surface area (Å²) in [6, 6.07) is 0.617. The van der Waals surface area contributed by atoms with E-state index in [4.69, 9.17) is 4.74 Å². The van der Waals surface area contributed by atoms with E-state index in [2.05, 4.69) is 38.3 Å². The second kappa shape index (κ2) is 6.36. The normalized spacial score (nSPS) is 20.0. The van der Waals surface area contributed by atoms with Crippen LogP contribution in [0, 0.1) is 5.41 Å². The van der Waals surface area contributed by atoms with E-state index < -0.39 is 0 Å². The molecule has 0 aromatic rings. The second-order valence-electron chi connectivity index (χ2n) is 5.92. The summed E-state index contributed by atoms with van der Waals surface area (Å²) >= 11 is 0. The minimum Gasteiger partial charge on any atom is -0.381 e. The molecule has 0 bridgehead atoms. The van der Waals surface area contributed by atoms with Gasteiger partial charge in [0.1, 0.15) is 0 Å². The number of ether oxygens (including phenoxy) is 1. The summed E-state index contributed by atoms with van der Waals surface area (Å²) in [4.78, 5) is 11.7. The maximum Gasteiger partial charge on any atom is 0.234 e. The van der Waals surface area contributed by atoms with Gasteiger partial charge in [0.25, 0.3) is 0 Å². The van der Waals surface area contributed by atoms with Crippen LogP contribution in [0.3, 0.4) is 0 Å². The fourth-order valence-corrected chi connectivity index (χ4v) is 1.67. The van der Waals surface area contributed by atoms with Crippen molar-refractivity contribution in [2.45, 2.75) is 52.6 Å². The maximum atomic E-state index is 11.7. The van der Waals surface area contributed by atoms with E-state index >= 15 is 0 Å². The first-order chi connectivity index (χ1) is 7.89. The van der Waals surface area contributed by atoms with Gasteiger partial charge in [-0.2, -0.15) is 0 Å². The smallest absolute Gasteiger partial charge is 0.234 e. The van der Waals surface area contributed by atoms with Crippen molar-refractivity contribution in [3.63, 3.8) is 0 Å². The van der Waals surface area contributed by atoms with Gasteiger partial charge in [-0.25, -0.2) is 0 Å². The molecule has 1 fully saturated rings. The zero-order valence-corrected chi connectivity index (χ0v) is 11.5. The van der Waals surface area contributed by atoms with Crippen LogP contribution in [-0.2, 0) is 9.53 Å². The Bertz CT molecular complexity index is 242. The summed E-state index contributed by atoms with van der Waals surface area (Å²) in [6.45, 7) is 10.5. The van der Waals surface area contributed by atoms with Gasteiger partial charge in [0.15, 0.2) is 0 Å². The summed E-state index contributed by atoms with van der Waals surface area (Å²) in [5.74, 6) is 0.0907. The van der Waals surface area contributed by atoms with Gasteiger partial charge in [-0.3, -0.25) is 4.79 Å². The molecule has 1 aliphatic heterocycles. The van der Waals surface area contributed by atoms with Gasteiger partial charge in [-0.05, 0) is 25.2 Å². The van der Waals surface area contributed by atoms with Crippen LogP contribution in [0.25, 0.3) is 0 Å². The van der Waals surface area contributed by atoms with Crippen LogP contribution in [0.1, 0.15) is 40.5 Å². The summed E-state index contributed by atoms with van der Waals surface area (Å²) in [6.07, 6.45) is 1.86. The SMILES string of the molecule is CC(NCC(=O)NC1CCOCC1)C(C)(C)C. The van der Waals surface area contributed by atoms with E-state index in [9.17, 15) is 4.79 Å². The molecule has 0 aromatic heterocycles. The van der Waals surface area contributed by atoms with Crippen LogP contribution in [0.4, 0.5) is 0 Å². The van der Waals surface area contributed by atoms with Gasteiger partial charge in [-0.1, -0.05) is 20.8 Å². The molecule has 0 spiro atoms. The Balaban J connectivity index is 2.20. The van der Waals surface area contributed by atoms with Crippen molar-refractivity contribution < 1.29 is 9.53 Å². The Morgan fingerprint density at radius 3 is 2.47 bits per heavy atom. The Kier molecular flexibility index (Phi) is 5.40. The number of nitrogens with one attached hydrogen (secondary N) is 2. The molecule has 4 nitrogen and oxygen atoms in total. The van der Waals surface area contributed by atoms with Gasteiger partial charge in [0.05, 0.1) is 6.54 Å². The van der Waals surface area contributed by atoms with Crippen LogP contribution in [0.2, 0.25) is 0 Å². The lowest BCUT2D eigenvalue weighted by atomic mass is 9.88. The van der Waals surface area contributed by atoms with Crippen LogP contribution in [0.5, 0.6) is 0 Å². The first-order valence-corrected chi connectivity index (χ1v) is 6.50. The molecule has 1 atom stereocenters. The van der Waals surface area contributed by atoms with Crippen molar-refractivity contribution in [1.82, 2.24) is 10.6 Å². The number of carbonyl (C=O) groups is 1. The summed E-state index contributed by atoms with van der Waals surface area (Å²) < 4.78 is 5.26. The van der Waals surface area contributed by atoms with Crippen molar-refractivity contribution in [3.05, 3.63) is 0 Å². The molecule has 4 heteroatoms. The first-order valence-electron chi connectivity index (χ1n) is 6.50. The number of hydrogen-bond acceptors (Lipinski definition) is 3. The summed E-state index contributed by atoms with van der Waals surface area (Å²) in [5, 5.41) is 6.31. The molecule has 1 rings (SSSR count). The molecule has 0 saturated carbocycles. The van der Waals surface area contributed by atoms with E-state index in [1.165, 1.54) is 0 Å². The minimum atomic E-state index is 0.0907. The predicted octanol–water partition coefficient (Wildman–Crippen LogP) is 1.31. The van der Waals surface area contributed by atoms with Crippen LogP contribution >= 0.6 is 0 Å². The number of hydrogen-bond donors (Lipinski definition) is 2. The van der Waals surface area contributed by atoms with Gasteiger partial charge >= 0.3 is 0 Å². The fourth-order valence-electron chi connectivity index (χ4n) is 1.67. The van der Waals surface area contributed by atoms with Crippen LogP contribution in [-0.4, -0.2) is 37.7 Å². The molecular formula is C13H26N2O2. The average Bonchev–Trinajstić information content (AvgIpc) is 2.26. The Hall–Kier alpha value is -0.610. The average molecular weight is 242 g/mol. The minimum absolute atomic E-state index is 0.0907. The lowest BCUT2D eigenvalue weighted by Crippen LogP contribution is -2.47. The molecular weight excluding hydrogens is 216 g/mol. The molecule has 0 radical (unpaired) electrons. The lowest BCUT2D eigenvalue weighted by molar-refractivity contribution is -0.121. The van der Waals surface area contributed by atoms with E-state index in [-0.39, 0.29) is 11.3 Å². The topological polar surface area (TPSA) is 50.4 Å². The molecule has 1 amide bonds. The fraction of sp³-hybridized carbons (Fsp3) is 0.923. The molecule has 0 aliphatic carbocycles. The van der Waals surface area contributed by atoms with Gasteiger partial charge in [-0.15, -0.1) is 0 Å². The molecule has 1 aliphatic rings. The zero-order chi connectivity index (χ0) is 12.9. The molecule has 1 unspecified atom stereocenters. The number of carbonyl (C=O) groups excluding carboxylic acids is 1. The maximum absolute atomic E-state index is 11.7. The summed E-state index contributed by atoms with van der Waals surface area (Å²) in [7, 11) is 0. The highest BCUT2D eigenvalue weighted by Gasteiger charge is 2.21. The Morgan fingerprint density at radius 1 is 1.35 bits per heavy atom. The summed E-state index contributed by atoms with van der Waals surface area (Å²) in [5.41, 5.74) is 0.180. The molecule has 100 valence electrons. The van der Waals surface area contributed by atoms with Crippen molar-refractivity contribution in [1.29, 1.82) is 0 Å². The van der Waals surface area contributed by atoms with Crippen molar-refractivity contribution in [2.24, 2.45) is 5.41 Å². The molecule has 1 heterocycles.